The third-order valence-corrected chi connectivity index (χ3v) is 4.67. The van der Waals surface area contributed by atoms with Crippen LogP contribution in [0.1, 0.15) is 60.7 Å². The highest BCUT2D eigenvalue weighted by atomic mass is 16.1. The quantitative estimate of drug-likeness (QED) is 0.575. The molecule has 2 atom stereocenters. The summed E-state index contributed by atoms with van der Waals surface area (Å²) >= 11 is 0. The molecule has 0 N–H and O–H groups in total. The number of carbonyl (C=O) groups excluding carboxylic acids is 1. The maximum atomic E-state index is 11.5. The molecule has 0 aromatic heterocycles. The van der Waals surface area contributed by atoms with Gasteiger partial charge < -0.3 is 0 Å². The second-order valence-electron chi connectivity index (χ2n) is 6.30. The molecule has 0 saturated heterocycles. The number of hydrogen-bond acceptors (Lipinski definition) is 1. The predicted molar refractivity (Wildman–Crippen MR) is 60.2 cm³/mol. The van der Waals surface area contributed by atoms with E-state index in [1.807, 2.05) is 0 Å². The van der Waals surface area contributed by atoms with Gasteiger partial charge in [-0.05, 0) is 36.0 Å². The lowest BCUT2D eigenvalue weighted by atomic mass is 9.51. The van der Waals surface area contributed by atoms with E-state index in [1.165, 1.54) is 19.3 Å². The van der Waals surface area contributed by atoms with Gasteiger partial charge in [-0.3, -0.25) is 4.79 Å². The standard InChI is InChI=1S/C13H22O.H2/c1-12(2)7-4-8-13(3)9-10(14)5-6-11(12)13;/h11H,4-9H2,1-3H3;1H/t11?,13-;/m1./s1. The smallest absolute Gasteiger partial charge is 0.133 e. The van der Waals surface area contributed by atoms with Gasteiger partial charge >= 0.3 is 0 Å². The molecule has 0 aromatic carbocycles. The fourth-order valence-corrected chi connectivity index (χ4v) is 4.03. The Bertz CT molecular complexity index is 259. The van der Waals surface area contributed by atoms with Crippen LogP contribution < -0.4 is 0 Å². The van der Waals surface area contributed by atoms with Crippen LogP contribution in [-0.2, 0) is 4.79 Å². The summed E-state index contributed by atoms with van der Waals surface area (Å²) in [4.78, 5) is 11.5. The second kappa shape index (κ2) is 3.08. The molecule has 82 valence electrons. The molecular formula is C13H24O. The Morgan fingerprint density at radius 1 is 1.29 bits per heavy atom. The normalized spacial score (nSPS) is 41.9. The van der Waals surface area contributed by atoms with Gasteiger partial charge in [0.1, 0.15) is 5.78 Å². The summed E-state index contributed by atoms with van der Waals surface area (Å²) in [5, 5.41) is 0. The monoisotopic (exact) mass is 196 g/mol. The van der Waals surface area contributed by atoms with Crippen molar-refractivity contribution >= 4 is 5.78 Å². The molecule has 0 spiro atoms. The zero-order chi connectivity index (χ0) is 10.4. The minimum Gasteiger partial charge on any atom is -0.300 e. The van der Waals surface area contributed by atoms with Crippen LogP contribution in [0.3, 0.4) is 0 Å². The van der Waals surface area contributed by atoms with E-state index >= 15 is 0 Å². The van der Waals surface area contributed by atoms with Gasteiger partial charge in [0.05, 0.1) is 0 Å². The predicted octanol–water partition coefficient (Wildman–Crippen LogP) is 3.82. The highest BCUT2D eigenvalue weighted by molar-refractivity contribution is 5.80. The van der Waals surface area contributed by atoms with Crippen LogP contribution in [0.4, 0.5) is 0 Å². The number of rotatable bonds is 0. The van der Waals surface area contributed by atoms with Gasteiger partial charge in [0.15, 0.2) is 0 Å². The highest BCUT2D eigenvalue weighted by Crippen LogP contribution is 2.56. The van der Waals surface area contributed by atoms with E-state index in [0.717, 1.165) is 25.2 Å². The minimum absolute atomic E-state index is 0. The first-order valence-electron chi connectivity index (χ1n) is 5.96. The topological polar surface area (TPSA) is 17.1 Å². The second-order valence-corrected chi connectivity index (χ2v) is 6.30. The van der Waals surface area contributed by atoms with Gasteiger partial charge in [0.2, 0.25) is 0 Å². The van der Waals surface area contributed by atoms with Crippen LogP contribution in [-0.4, -0.2) is 5.78 Å². The maximum Gasteiger partial charge on any atom is 0.133 e. The summed E-state index contributed by atoms with van der Waals surface area (Å²) < 4.78 is 0. The molecule has 0 aliphatic heterocycles. The third kappa shape index (κ3) is 1.51. The molecule has 0 heterocycles. The number of hydrogen-bond donors (Lipinski definition) is 0. The molecular weight excluding hydrogens is 172 g/mol. The van der Waals surface area contributed by atoms with E-state index in [-0.39, 0.29) is 1.43 Å². The number of fused-ring (bicyclic) bond motifs is 1. The Kier molecular flexibility index (Phi) is 2.24. The SMILES string of the molecule is CC1(C)CCC[C@]2(C)CC(=O)CCC12.[HH]. The zero-order valence-electron chi connectivity index (χ0n) is 9.73. The van der Waals surface area contributed by atoms with Gasteiger partial charge in [-0.1, -0.05) is 27.2 Å². The minimum atomic E-state index is 0. The zero-order valence-corrected chi connectivity index (χ0v) is 9.73. The van der Waals surface area contributed by atoms with Crippen LogP contribution in [0, 0.1) is 16.7 Å². The molecule has 1 heteroatoms. The Hall–Kier alpha value is -0.330. The van der Waals surface area contributed by atoms with Gasteiger partial charge in [-0.25, -0.2) is 0 Å². The number of Topliss-reactive ketones (excluding diaryl/α,β-unsaturated/α-hetero) is 1. The van der Waals surface area contributed by atoms with Crippen molar-refractivity contribution in [1.29, 1.82) is 0 Å². The van der Waals surface area contributed by atoms with E-state index in [1.54, 1.807) is 0 Å². The molecule has 2 aliphatic carbocycles. The summed E-state index contributed by atoms with van der Waals surface area (Å²) in [5.74, 6) is 1.28. The number of carbonyl (C=O) groups is 1. The molecule has 2 aliphatic rings. The Balaban J connectivity index is 0.00000112. The van der Waals surface area contributed by atoms with E-state index in [9.17, 15) is 4.79 Å². The Morgan fingerprint density at radius 2 is 2.00 bits per heavy atom. The molecule has 0 aromatic rings. The van der Waals surface area contributed by atoms with Crippen LogP contribution in [0.2, 0.25) is 0 Å². The lowest BCUT2D eigenvalue weighted by Crippen LogP contribution is -2.46. The summed E-state index contributed by atoms with van der Waals surface area (Å²) in [6.07, 6.45) is 6.76. The summed E-state index contributed by atoms with van der Waals surface area (Å²) in [7, 11) is 0. The lowest BCUT2D eigenvalue weighted by molar-refractivity contribution is -0.131. The Labute approximate surface area is 88.8 Å². The van der Waals surface area contributed by atoms with Crippen molar-refractivity contribution in [2.24, 2.45) is 16.7 Å². The van der Waals surface area contributed by atoms with Crippen molar-refractivity contribution in [2.45, 2.75) is 59.3 Å². The summed E-state index contributed by atoms with van der Waals surface area (Å²) in [6, 6.07) is 0. The molecule has 2 saturated carbocycles. The van der Waals surface area contributed by atoms with Crippen LogP contribution in [0.5, 0.6) is 0 Å². The molecule has 2 fully saturated rings. The summed E-state index contributed by atoms with van der Waals surface area (Å²) in [6.45, 7) is 7.13. The average molecular weight is 196 g/mol. The van der Waals surface area contributed by atoms with Gasteiger partial charge in [-0.2, -0.15) is 0 Å². The average Bonchev–Trinajstić information content (AvgIpc) is 2.00. The van der Waals surface area contributed by atoms with E-state index in [0.29, 0.717) is 16.6 Å². The van der Waals surface area contributed by atoms with Crippen molar-refractivity contribution in [3.63, 3.8) is 0 Å². The van der Waals surface area contributed by atoms with Gasteiger partial charge in [-0.15, -0.1) is 0 Å². The molecule has 2 rings (SSSR count). The summed E-state index contributed by atoms with van der Waals surface area (Å²) in [5.41, 5.74) is 0.796. The molecule has 0 radical (unpaired) electrons. The van der Waals surface area contributed by atoms with Gasteiger partial charge in [0.25, 0.3) is 0 Å². The van der Waals surface area contributed by atoms with Crippen molar-refractivity contribution in [1.82, 2.24) is 0 Å². The molecule has 0 amide bonds. The molecule has 0 bridgehead atoms. The third-order valence-electron chi connectivity index (χ3n) is 4.67. The largest absolute Gasteiger partial charge is 0.300 e. The van der Waals surface area contributed by atoms with E-state index < -0.39 is 0 Å². The highest BCUT2D eigenvalue weighted by Gasteiger charge is 2.48. The lowest BCUT2D eigenvalue weighted by Gasteiger charge is -2.53. The van der Waals surface area contributed by atoms with Crippen LogP contribution >= 0.6 is 0 Å². The van der Waals surface area contributed by atoms with Crippen molar-refractivity contribution in [3.05, 3.63) is 0 Å². The van der Waals surface area contributed by atoms with Crippen molar-refractivity contribution < 1.29 is 6.22 Å². The fourth-order valence-electron chi connectivity index (χ4n) is 4.03. The van der Waals surface area contributed by atoms with Crippen molar-refractivity contribution in [3.8, 4) is 0 Å². The Morgan fingerprint density at radius 3 is 2.71 bits per heavy atom. The first-order chi connectivity index (χ1) is 6.44. The first-order valence-corrected chi connectivity index (χ1v) is 5.96. The van der Waals surface area contributed by atoms with Crippen LogP contribution in [0.15, 0.2) is 0 Å². The van der Waals surface area contributed by atoms with Crippen LogP contribution in [0.25, 0.3) is 0 Å². The van der Waals surface area contributed by atoms with Crippen molar-refractivity contribution in [2.75, 3.05) is 0 Å². The first kappa shape index (κ1) is 10.2. The maximum absolute atomic E-state index is 11.5. The van der Waals surface area contributed by atoms with Gasteiger partial charge in [0, 0.05) is 14.3 Å². The number of ketones is 1. The molecule has 1 nitrogen and oxygen atoms in total. The van der Waals surface area contributed by atoms with E-state index in [2.05, 4.69) is 20.8 Å². The fraction of sp³-hybridized carbons (Fsp3) is 0.923. The van der Waals surface area contributed by atoms with E-state index in [4.69, 9.17) is 0 Å². The molecule has 1 unspecified atom stereocenters. The molecule has 14 heavy (non-hydrogen) atoms.